The van der Waals surface area contributed by atoms with Crippen molar-refractivity contribution in [2.45, 2.75) is 10.9 Å². The molecule has 0 saturated carbocycles. The quantitative estimate of drug-likeness (QED) is 0.627. The van der Waals surface area contributed by atoms with E-state index in [1.165, 1.54) is 11.8 Å². The Morgan fingerprint density at radius 3 is 2.56 bits per heavy atom. The van der Waals surface area contributed by atoms with E-state index < -0.39 is 0 Å². The van der Waals surface area contributed by atoms with E-state index in [2.05, 4.69) is 30.1 Å². The zero-order valence-corrected chi connectivity index (χ0v) is 10.8. The molecule has 9 nitrogen and oxygen atoms in total. The molecular formula is C8H13N9S. The van der Waals surface area contributed by atoms with Gasteiger partial charge in [0.1, 0.15) is 5.82 Å². The zero-order chi connectivity index (χ0) is 13.1. The monoisotopic (exact) mass is 267 g/mol. The Kier molecular flexibility index (Phi) is 3.46. The van der Waals surface area contributed by atoms with Gasteiger partial charge in [0, 0.05) is 14.1 Å². The van der Waals surface area contributed by atoms with Crippen LogP contribution in [0.3, 0.4) is 0 Å². The highest BCUT2D eigenvalue weighted by atomic mass is 32.2. The van der Waals surface area contributed by atoms with E-state index in [4.69, 9.17) is 11.5 Å². The van der Waals surface area contributed by atoms with Crippen molar-refractivity contribution in [1.29, 1.82) is 0 Å². The summed E-state index contributed by atoms with van der Waals surface area (Å²) >= 11 is 1.36. The van der Waals surface area contributed by atoms with Gasteiger partial charge in [-0.25, -0.2) is 5.10 Å². The maximum absolute atomic E-state index is 5.61. The van der Waals surface area contributed by atoms with Crippen LogP contribution in [0.4, 0.5) is 17.8 Å². The standard InChI is InChI=1S/C8H13N9S/c1-17(2)7-12-4(11-5(9)13-7)3-18-8-14-6(10)15-16-8/h3H2,1-2H3,(H2,9,11,12,13)(H3,10,14,15,16). The fourth-order valence-electron chi connectivity index (χ4n) is 1.14. The lowest BCUT2D eigenvalue weighted by Crippen LogP contribution is -2.15. The minimum absolute atomic E-state index is 0.193. The van der Waals surface area contributed by atoms with Crippen LogP contribution in [0.25, 0.3) is 0 Å². The number of thioether (sulfide) groups is 1. The zero-order valence-electron chi connectivity index (χ0n) is 9.95. The summed E-state index contributed by atoms with van der Waals surface area (Å²) in [6.45, 7) is 0. The molecule has 2 aromatic heterocycles. The van der Waals surface area contributed by atoms with Crippen molar-refractivity contribution in [3.8, 4) is 0 Å². The molecule has 0 aliphatic heterocycles. The van der Waals surface area contributed by atoms with Gasteiger partial charge in [-0.1, -0.05) is 11.8 Å². The predicted octanol–water partition coefficient (Wildman–Crippen LogP) is -0.488. The number of anilines is 3. The molecule has 0 aromatic carbocycles. The van der Waals surface area contributed by atoms with Crippen molar-refractivity contribution >= 4 is 29.6 Å². The molecule has 5 N–H and O–H groups in total. The fraction of sp³-hybridized carbons (Fsp3) is 0.375. The summed E-state index contributed by atoms with van der Waals surface area (Å²) < 4.78 is 0. The first-order valence-electron chi connectivity index (χ1n) is 5.03. The first-order valence-corrected chi connectivity index (χ1v) is 6.01. The van der Waals surface area contributed by atoms with Gasteiger partial charge in [-0.05, 0) is 0 Å². The van der Waals surface area contributed by atoms with Crippen LogP contribution in [0.15, 0.2) is 5.16 Å². The van der Waals surface area contributed by atoms with Crippen molar-refractivity contribution in [2.75, 3.05) is 30.5 Å². The normalized spacial score (nSPS) is 10.6. The molecule has 0 atom stereocenters. The molecule has 0 radical (unpaired) electrons. The van der Waals surface area contributed by atoms with Crippen LogP contribution >= 0.6 is 11.8 Å². The molecule has 0 aliphatic rings. The molecule has 10 heteroatoms. The van der Waals surface area contributed by atoms with Gasteiger partial charge < -0.3 is 16.4 Å². The van der Waals surface area contributed by atoms with Gasteiger partial charge in [0.25, 0.3) is 0 Å². The molecule has 0 bridgehead atoms. The molecule has 0 spiro atoms. The maximum Gasteiger partial charge on any atom is 0.229 e. The van der Waals surface area contributed by atoms with Crippen molar-refractivity contribution in [3.05, 3.63) is 5.82 Å². The summed E-state index contributed by atoms with van der Waals surface area (Å²) in [5, 5.41) is 7.00. The van der Waals surface area contributed by atoms with Crippen molar-refractivity contribution in [3.63, 3.8) is 0 Å². The molecule has 2 aromatic rings. The SMILES string of the molecule is CN(C)c1nc(N)nc(CSc2n[nH]c(N)n2)n1. The number of aromatic amines is 1. The molecule has 2 rings (SSSR count). The third-order valence-corrected chi connectivity index (χ3v) is 2.74. The van der Waals surface area contributed by atoms with Crippen LogP contribution in [0.2, 0.25) is 0 Å². The lowest BCUT2D eigenvalue weighted by molar-refractivity contribution is 0.914. The highest BCUT2D eigenvalue weighted by molar-refractivity contribution is 7.98. The Morgan fingerprint density at radius 1 is 1.17 bits per heavy atom. The molecule has 0 unspecified atom stereocenters. The largest absolute Gasteiger partial charge is 0.368 e. The second-order valence-electron chi connectivity index (χ2n) is 3.60. The number of hydrogen-bond donors (Lipinski definition) is 3. The van der Waals surface area contributed by atoms with E-state index in [1.54, 1.807) is 4.90 Å². The van der Waals surface area contributed by atoms with Crippen LogP contribution in [-0.2, 0) is 5.75 Å². The highest BCUT2D eigenvalue weighted by Gasteiger charge is 2.08. The van der Waals surface area contributed by atoms with E-state index in [0.29, 0.717) is 22.7 Å². The Morgan fingerprint density at radius 2 is 1.94 bits per heavy atom. The van der Waals surface area contributed by atoms with E-state index in [-0.39, 0.29) is 11.9 Å². The molecule has 0 amide bonds. The number of nitrogens with two attached hydrogens (primary N) is 2. The van der Waals surface area contributed by atoms with Crippen LogP contribution in [0.5, 0.6) is 0 Å². The van der Waals surface area contributed by atoms with Crippen LogP contribution < -0.4 is 16.4 Å². The summed E-state index contributed by atoms with van der Waals surface area (Å²) in [4.78, 5) is 18.0. The molecule has 0 fully saturated rings. The number of H-pyrrole nitrogens is 1. The van der Waals surface area contributed by atoms with Gasteiger partial charge in [0.15, 0.2) is 0 Å². The van der Waals surface area contributed by atoms with E-state index >= 15 is 0 Å². The average molecular weight is 267 g/mol. The number of rotatable bonds is 4. The third-order valence-electron chi connectivity index (χ3n) is 1.90. The molecule has 96 valence electrons. The summed E-state index contributed by atoms with van der Waals surface area (Å²) in [6, 6.07) is 0. The number of hydrogen-bond acceptors (Lipinski definition) is 9. The predicted molar refractivity (Wildman–Crippen MR) is 68.9 cm³/mol. The van der Waals surface area contributed by atoms with E-state index in [9.17, 15) is 0 Å². The van der Waals surface area contributed by atoms with Gasteiger partial charge >= 0.3 is 0 Å². The minimum atomic E-state index is 0.193. The molecule has 0 saturated heterocycles. The second kappa shape index (κ2) is 5.04. The number of nitrogens with zero attached hydrogens (tertiary/aromatic N) is 6. The van der Waals surface area contributed by atoms with Gasteiger partial charge in [-0.15, -0.1) is 5.10 Å². The lowest BCUT2D eigenvalue weighted by Gasteiger charge is -2.10. The molecule has 0 aliphatic carbocycles. The Hall–Kier alpha value is -2.10. The first-order chi connectivity index (χ1) is 8.54. The van der Waals surface area contributed by atoms with E-state index in [0.717, 1.165) is 0 Å². The average Bonchev–Trinajstić information content (AvgIpc) is 2.72. The van der Waals surface area contributed by atoms with Crippen LogP contribution in [-0.4, -0.2) is 44.2 Å². The lowest BCUT2D eigenvalue weighted by atomic mass is 10.6. The molecule has 2 heterocycles. The summed E-state index contributed by atoms with van der Waals surface area (Å²) in [6.07, 6.45) is 0. The number of nitrogen functional groups attached to an aromatic ring is 2. The third kappa shape index (κ3) is 2.97. The van der Waals surface area contributed by atoms with Crippen molar-refractivity contribution in [2.24, 2.45) is 0 Å². The van der Waals surface area contributed by atoms with Crippen molar-refractivity contribution < 1.29 is 0 Å². The van der Waals surface area contributed by atoms with Gasteiger partial charge in [-0.3, -0.25) is 0 Å². The van der Waals surface area contributed by atoms with Crippen LogP contribution in [0, 0.1) is 0 Å². The van der Waals surface area contributed by atoms with Crippen LogP contribution in [0.1, 0.15) is 5.82 Å². The minimum Gasteiger partial charge on any atom is -0.368 e. The maximum atomic E-state index is 5.61. The Bertz CT molecular complexity index is 537. The second-order valence-corrected chi connectivity index (χ2v) is 4.54. The van der Waals surface area contributed by atoms with Gasteiger partial charge in [0.05, 0.1) is 5.75 Å². The topological polar surface area (TPSA) is 136 Å². The van der Waals surface area contributed by atoms with E-state index in [1.807, 2.05) is 14.1 Å². The number of nitrogens with one attached hydrogen (secondary N) is 1. The van der Waals surface area contributed by atoms with Gasteiger partial charge in [0.2, 0.25) is 23.0 Å². The number of aromatic nitrogens is 6. The highest BCUT2D eigenvalue weighted by Crippen LogP contribution is 2.18. The summed E-state index contributed by atoms with van der Waals surface area (Å²) in [5.41, 5.74) is 11.0. The summed E-state index contributed by atoms with van der Waals surface area (Å²) in [7, 11) is 3.67. The Labute approximate surface area is 107 Å². The van der Waals surface area contributed by atoms with Crippen molar-refractivity contribution in [1.82, 2.24) is 30.1 Å². The molecule has 18 heavy (non-hydrogen) atoms. The Balaban J connectivity index is 2.09. The van der Waals surface area contributed by atoms with Gasteiger partial charge in [-0.2, -0.15) is 19.9 Å². The summed E-state index contributed by atoms with van der Waals surface area (Å²) in [5.74, 6) is 2.05. The molecular weight excluding hydrogens is 254 g/mol. The smallest absolute Gasteiger partial charge is 0.229 e. The fourth-order valence-corrected chi connectivity index (χ4v) is 1.80. The first kappa shape index (κ1) is 12.4.